The van der Waals surface area contributed by atoms with Crippen LogP contribution in [0.15, 0.2) is 36.4 Å². The second kappa shape index (κ2) is 6.23. The van der Waals surface area contributed by atoms with Crippen LogP contribution >= 0.6 is 0 Å². The molecule has 0 spiro atoms. The number of hydrogen-bond acceptors (Lipinski definition) is 1. The highest BCUT2D eigenvalue weighted by molar-refractivity contribution is 5.68. The molecule has 0 unspecified atom stereocenters. The number of hydrogen-bond donors (Lipinski definition) is 1. The van der Waals surface area contributed by atoms with Crippen molar-refractivity contribution < 1.29 is 0 Å². The summed E-state index contributed by atoms with van der Waals surface area (Å²) in [5.74, 6) is 0. The van der Waals surface area contributed by atoms with Crippen molar-refractivity contribution in [2.75, 3.05) is 0 Å². The van der Waals surface area contributed by atoms with Gasteiger partial charge in [0.2, 0.25) is 0 Å². The molecule has 0 aliphatic rings. The van der Waals surface area contributed by atoms with E-state index in [1.54, 1.807) is 0 Å². The van der Waals surface area contributed by atoms with Crippen LogP contribution in [0.2, 0.25) is 0 Å². The minimum absolute atomic E-state index is 0.523. The van der Waals surface area contributed by atoms with Crippen molar-refractivity contribution in [1.29, 1.82) is 0 Å². The SMILES string of the molecule is Cc1ccc(-c2ccc(CNC(C)C)cc2C)cc1C. The van der Waals surface area contributed by atoms with Gasteiger partial charge in [-0.1, -0.05) is 50.2 Å². The van der Waals surface area contributed by atoms with Gasteiger partial charge in [0.25, 0.3) is 0 Å². The molecule has 1 N–H and O–H groups in total. The van der Waals surface area contributed by atoms with Gasteiger partial charge in [0.05, 0.1) is 0 Å². The first-order valence-corrected chi connectivity index (χ1v) is 7.38. The van der Waals surface area contributed by atoms with Gasteiger partial charge in [0.15, 0.2) is 0 Å². The predicted octanol–water partition coefficient (Wildman–Crippen LogP) is 4.78. The third-order valence-electron chi connectivity index (χ3n) is 3.82. The standard InChI is InChI=1S/C19H25N/c1-13(2)20-12-17-7-9-19(16(5)10-17)18-8-6-14(3)15(4)11-18/h6-11,13,20H,12H2,1-5H3. The van der Waals surface area contributed by atoms with E-state index in [0.29, 0.717) is 6.04 Å². The van der Waals surface area contributed by atoms with Crippen molar-refractivity contribution in [2.24, 2.45) is 0 Å². The molecule has 0 amide bonds. The van der Waals surface area contributed by atoms with Gasteiger partial charge in [-0.2, -0.15) is 0 Å². The molecule has 0 aliphatic carbocycles. The van der Waals surface area contributed by atoms with Gasteiger partial charge >= 0.3 is 0 Å². The summed E-state index contributed by atoms with van der Waals surface area (Å²) in [6.45, 7) is 11.8. The van der Waals surface area contributed by atoms with Gasteiger partial charge in [0, 0.05) is 12.6 Å². The van der Waals surface area contributed by atoms with Gasteiger partial charge in [0.1, 0.15) is 0 Å². The first-order chi connectivity index (χ1) is 9.47. The second-order valence-electron chi connectivity index (χ2n) is 5.98. The predicted molar refractivity (Wildman–Crippen MR) is 88.1 cm³/mol. The summed E-state index contributed by atoms with van der Waals surface area (Å²) < 4.78 is 0. The van der Waals surface area contributed by atoms with E-state index in [-0.39, 0.29) is 0 Å². The van der Waals surface area contributed by atoms with Crippen molar-refractivity contribution in [2.45, 2.75) is 47.2 Å². The smallest absolute Gasteiger partial charge is 0.0207 e. The van der Waals surface area contributed by atoms with E-state index in [2.05, 4.69) is 76.3 Å². The Kier molecular flexibility index (Phi) is 4.61. The van der Waals surface area contributed by atoms with Crippen LogP contribution in [-0.4, -0.2) is 6.04 Å². The molecule has 0 atom stereocenters. The highest BCUT2D eigenvalue weighted by atomic mass is 14.9. The molecule has 0 saturated heterocycles. The molecule has 20 heavy (non-hydrogen) atoms. The molecule has 1 heteroatoms. The molecule has 2 aromatic rings. The van der Waals surface area contributed by atoms with Crippen LogP contribution in [-0.2, 0) is 6.54 Å². The summed E-state index contributed by atoms with van der Waals surface area (Å²) in [5, 5.41) is 3.46. The molecule has 0 radical (unpaired) electrons. The van der Waals surface area contributed by atoms with Crippen molar-refractivity contribution >= 4 is 0 Å². The van der Waals surface area contributed by atoms with Crippen LogP contribution < -0.4 is 5.32 Å². The minimum Gasteiger partial charge on any atom is -0.310 e. The number of benzene rings is 2. The molecule has 0 bridgehead atoms. The molecule has 1 nitrogen and oxygen atoms in total. The quantitative estimate of drug-likeness (QED) is 0.841. The van der Waals surface area contributed by atoms with Gasteiger partial charge in [-0.05, 0) is 54.2 Å². The molecule has 0 saturated carbocycles. The molecule has 2 aromatic carbocycles. The maximum Gasteiger partial charge on any atom is 0.0207 e. The lowest BCUT2D eigenvalue weighted by Gasteiger charge is -2.12. The zero-order valence-corrected chi connectivity index (χ0v) is 13.2. The highest BCUT2D eigenvalue weighted by Gasteiger charge is 2.05. The average molecular weight is 267 g/mol. The molecule has 0 fully saturated rings. The number of nitrogens with one attached hydrogen (secondary N) is 1. The van der Waals surface area contributed by atoms with E-state index >= 15 is 0 Å². The average Bonchev–Trinajstić information content (AvgIpc) is 2.40. The van der Waals surface area contributed by atoms with Gasteiger partial charge < -0.3 is 5.32 Å². The van der Waals surface area contributed by atoms with Crippen molar-refractivity contribution in [3.05, 3.63) is 58.7 Å². The Morgan fingerprint density at radius 3 is 2.20 bits per heavy atom. The Balaban J connectivity index is 2.27. The summed E-state index contributed by atoms with van der Waals surface area (Å²) in [7, 11) is 0. The van der Waals surface area contributed by atoms with E-state index in [1.807, 2.05) is 0 Å². The summed E-state index contributed by atoms with van der Waals surface area (Å²) >= 11 is 0. The van der Waals surface area contributed by atoms with E-state index < -0.39 is 0 Å². The second-order valence-corrected chi connectivity index (χ2v) is 5.98. The summed E-state index contributed by atoms with van der Waals surface area (Å²) in [5.41, 5.74) is 8.05. The van der Waals surface area contributed by atoms with Gasteiger partial charge in [-0.25, -0.2) is 0 Å². The largest absolute Gasteiger partial charge is 0.310 e. The van der Waals surface area contributed by atoms with Crippen LogP contribution in [0.4, 0.5) is 0 Å². The number of aryl methyl sites for hydroxylation is 3. The van der Waals surface area contributed by atoms with Crippen molar-refractivity contribution in [3.63, 3.8) is 0 Å². The van der Waals surface area contributed by atoms with E-state index in [9.17, 15) is 0 Å². The van der Waals surface area contributed by atoms with Crippen molar-refractivity contribution in [3.8, 4) is 11.1 Å². The summed E-state index contributed by atoms with van der Waals surface area (Å²) in [6.07, 6.45) is 0. The fourth-order valence-corrected chi connectivity index (χ4v) is 2.39. The lowest BCUT2D eigenvalue weighted by atomic mass is 9.96. The zero-order valence-electron chi connectivity index (χ0n) is 13.2. The lowest BCUT2D eigenvalue weighted by Crippen LogP contribution is -2.21. The molecular weight excluding hydrogens is 242 g/mol. The molecule has 0 heterocycles. The summed E-state index contributed by atoms with van der Waals surface area (Å²) in [6, 6.07) is 14.0. The molecule has 0 aromatic heterocycles. The Morgan fingerprint density at radius 2 is 1.60 bits per heavy atom. The Labute approximate surface area is 123 Å². The Morgan fingerprint density at radius 1 is 0.850 bits per heavy atom. The minimum atomic E-state index is 0.523. The molecule has 2 rings (SSSR count). The fraction of sp³-hybridized carbons (Fsp3) is 0.368. The monoisotopic (exact) mass is 267 g/mol. The first kappa shape index (κ1) is 14.8. The Bertz CT molecular complexity index is 597. The maximum absolute atomic E-state index is 3.46. The first-order valence-electron chi connectivity index (χ1n) is 7.38. The normalized spacial score (nSPS) is 11.1. The summed E-state index contributed by atoms with van der Waals surface area (Å²) in [4.78, 5) is 0. The highest BCUT2D eigenvalue weighted by Crippen LogP contribution is 2.26. The third kappa shape index (κ3) is 3.49. The lowest BCUT2D eigenvalue weighted by molar-refractivity contribution is 0.589. The topological polar surface area (TPSA) is 12.0 Å². The maximum atomic E-state index is 3.46. The van der Waals surface area contributed by atoms with Crippen LogP contribution in [0.25, 0.3) is 11.1 Å². The van der Waals surface area contributed by atoms with Gasteiger partial charge in [-0.3, -0.25) is 0 Å². The molecular formula is C19H25N. The number of rotatable bonds is 4. The van der Waals surface area contributed by atoms with Crippen molar-refractivity contribution in [1.82, 2.24) is 5.32 Å². The van der Waals surface area contributed by atoms with Crippen LogP contribution in [0, 0.1) is 20.8 Å². The molecule has 106 valence electrons. The Hall–Kier alpha value is -1.60. The van der Waals surface area contributed by atoms with E-state index in [0.717, 1.165) is 6.54 Å². The third-order valence-corrected chi connectivity index (χ3v) is 3.82. The fourth-order valence-electron chi connectivity index (χ4n) is 2.39. The van der Waals surface area contributed by atoms with Crippen LogP contribution in [0.5, 0.6) is 0 Å². The van der Waals surface area contributed by atoms with Crippen LogP contribution in [0.3, 0.4) is 0 Å². The van der Waals surface area contributed by atoms with E-state index in [1.165, 1.54) is 33.4 Å². The van der Waals surface area contributed by atoms with Crippen LogP contribution in [0.1, 0.15) is 36.1 Å². The van der Waals surface area contributed by atoms with E-state index in [4.69, 9.17) is 0 Å². The zero-order chi connectivity index (χ0) is 14.7. The van der Waals surface area contributed by atoms with Gasteiger partial charge in [-0.15, -0.1) is 0 Å². The molecule has 0 aliphatic heterocycles.